The van der Waals surface area contributed by atoms with Gasteiger partial charge < -0.3 is 14.5 Å². The van der Waals surface area contributed by atoms with Crippen LogP contribution in [0.1, 0.15) is 25.1 Å². The average Bonchev–Trinajstić information content (AvgIpc) is 3.18. The fraction of sp³-hybridized carbons (Fsp3) is 0.286. The highest BCUT2D eigenvalue weighted by Crippen LogP contribution is 2.32. The number of nitrogens with zero attached hydrogens (tertiary/aromatic N) is 4. The number of anilines is 1. The van der Waals surface area contributed by atoms with Crippen molar-refractivity contribution in [2.24, 2.45) is 7.05 Å². The maximum Gasteiger partial charge on any atom is 0.231 e. The lowest BCUT2D eigenvalue weighted by atomic mass is 10.2. The zero-order chi connectivity index (χ0) is 19.8. The van der Waals surface area contributed by atoms with Crippen molar-refractivity contribution < 1.29 is 9.53 Å². The molecular formula is C21H23N5O2. The number of ether oxygens (including phenoxy) is 1. The quantitative estimate of drug-likeness (QED) is 0.578. The van der Waals surface area contributed by atoms with Gasteiger partial charge in [0.05, 0.1) is 29.1 Å². The van der Waals surface area contributed by atoms with Gasteiger partial charge in [0.15, 0.2) is 5.82 Å². The Morgan fingerprint density at radius 2 is 2.07 bits per heavy atom. The topological polar surface area (TPSA) is 73.5 Å². The summed E-state index contributed by atoms with van der Waals surface area (Å²) in [5, 5.41) is 8.24. The Kier molecular flexibility index (Phi) is 4.50. The predicted octanol–water partition coefficient (Wildman–Crippen LogP) is 3.50. The Bertz CT molecular complexity index is 1170. The van der Waals surface area contributed by atoms with Gasteiger partial charge in [0, 0.05) is 19.4 Å². The molecular weight excluding hydrogens is 354 g/mol. The average molecular weight is 377 g/mol. The Balaban J connectivity index is 1.64. The maximum absolute atomic E-state index is 12.8. The van der Waals surface area contributed by atoms with Crippen molar-refractivity contribution >= 4 is 28.3 Å². The van der Waals surface area contributed by atoms with Gasteiger partial charge in [-0.15, -0.1) is 0 Å². The number of carbonyl (C=O) groups excluding carboxylic acids is 1. The van der Waals surface area contributed by atoms with Gasteiger partial charge >= 0.3 is 0 Å². The molecule has 7 heteroatoms. The normalized spacial score (nSPS) is 11.5. The Hall–Kier alpha value is -3.35. The monoisotopic (exact) mass is 377 g/mol. The molecule has 0 aliphatic carbocycles. The number of amides is 1. The number of aromatic nitrogens is 4. The zero-order valence-corrected chi connectivity index (χ0v) is 16.4. The molecule has 28 heavy (non-hydrogen) atoms. The van der Waals surface area contributed by atoms with Crippen LogP contribution in [0.3, 0.4) is 0 Å². The number of nitrogens with one attached hydrogen (secondary N) is 1. The Labute approximate surface area is 162 Å². The number of hydrogen-bond acceptors (Lipinski definition) is 4. The van der Waals surface area contributed by atoms with Crippen LogP contribution in [-0.4, -0.2) is 31.2 Å². The molecule has 0 fully saturated rings. The van der Waals surface area contributed by atoms with E-state index in [9.17, 15) is 4.79 Å². The SMILES string of the molecule is Cc1cccn2c(CC(=O)Nc3nn(C)c4cccc(OC(C)C)c34)cnc12. The summed E-state index contributed by atoms with van der Waals surface area (Å²) in [6, 6.07) is 9.73. The second kappa shape index (κ2) is 6.99. The number of pyridine rings is 1. The molecule has 0 bridgehead atoms. The molecule has 0 atom stereocenters. The Morgan fingerprint density at radius 1 is 1.25 bits per heavy atom. The van der Waals surface area contributed by atoms with E-state index in [2.05, 4.69) is 15.4 Å². The number of benzene rings is 1. The summed E-state index contributed by atoms with van der Waals surface area (Å²) in [5.41, 5.74) is 3.66. The standard InChI is InChI=1S/C21H23N5O2/c1-13(2)28-17-9-5-8-16-19(17)20(24-25(16)4)23-18(27)11-15-12-22-21-14(3)7-6-10-26(15)21/h5-10,12-13H,11H2,1-4H3,(H,23,24,27). The summed E-state index contributed by atoms with van der Waals surface area (Å²) in [4.78, 5) is 17.2. The third kappa shape index (κ3) is 3.19. The van der Waals surface area contributed by atoms with E-state index >= 15 is 0 Å². The van der Waals surface area contributed by atoms with Crippen molar-refractivity contribution in [2.75, 3.05) is 5.32 Å². The molecule has 0 aliphatic heterocycles. The number of rotatable bonds is 5. The van der Waals surface area contributed by atoms with Gasteiger partial charge in [-0.05, 0) is 44.5 Å². The molecule has 0 saturated carbocycles. The highest BCUT2D eigenvalue weighted by atomic mass is 16.5. The number of hydrogen-bond donors (Lipinski definition) is 1. The van der Waals surface area contributed by atoms with E-state index in [0.717, 1.165) is 27.8 Å². The molecule has 3 heterocycles. The third-order valence-corrected chi connectivity index (χ3v) is 4.61. The second-order valence-corrected chi connectivity index (χ2v) is 7.15. The predicted molar refractivity (Wildman–Crippen MR) is 109 cm³/mol. The maximum atomic E-state index is 12.8. The minimum atomic E-state index is -0.150. The van der Waals surface area contributed by atoms with Gasteiger partial charge in [-0.2, -0.15) is 5.10 Å². The van der Waals surface area contributed by atoms with Crippen LogP contribution in [0.5, 0.6) is 5.75 Å². The minimum absolute atomic E-state index is 0.0238. The molecule has 0 aliphatic rings. The second-order valence-electron chi connectivity index (χ2n) is 7.15. The molecule has 0 radical (unpaired) electrons. The highest BCUT2D eigenvalue weighted by Gasteiger charge is 2.18. The number of aryl methyl sites for hydroxylation is 2. The zero-order valence-electron chi connectivity index (χ0n) is 16.4. The molecule has 0 spiro atoms. The van der Waals surface area contributed by atoms with E-state index in [1.54, 1.807) is 10.9 Å². The molecule has 0 saturated heterocycles. The first-order chi connectivity index (χ1) is 13.4. The lowest BCUT2D eigenvalue weighted by molar-refractivity contribution is -0.115. The van der Waals surface area contributed by atoms with Gasteiger partial charge in [-0.1, -0.05) is 12.1 Å². The van der Waals surface area contributed by atoms with E-state index in [1.165, 1.54) is 0 Å². The molecule has 3 aromatic heterocycles. The van der Waals surface area contributed by atoms with Crippen molar-refractivity contribution in [1.29, 1.82) is 0 Å². The molecule has 1 N–H and O–H groups in total. The number of fused-ring (bicyclic) bond motifs is 2. The summed E-state index contributed by atoms with van der Waals surface area (Å²) >= 11 is 0. The van der Waals surface area contributed by atoms with Crippen molar-refractivity contribution in [3.8, 4) is 5.75 Å². The number of imidazole rings is 1. The van der Waals surface area contributed by atoms with Crippen LogP contribution >= 0.6 is 0 Å². The van der Waals surface area contributed by atoms with Crippen molar-refractivity contribution in [3.63, 3.8) is 0 Å². The van der Waals surface area contributed by atoms with E-state index in [-0.39, 0.29) is 18.4 Å². The summed E-state index contributed by atoms with van der Waals surface area (Å²) in [5.74, 6) is 1.06. The third-order valence-electron chi connectivity index (χ3n) is 4.61. The van der Waals surface area contributed by atoms with Crippen LogP contribution in [0.4, 0.5) is 5.82 Å². The summed E-state index contributed by atoms with van der Waals surface area (Å²) in [6.07, 6.45) is 3.89. The lowest BCUT2D eigenvalue weighted by Gasteiger charge is -2.11. The van der Waals surface area contributed by atoms with Gasteiger partial charge in [0.2, 0.25) is 5.91 Å². The van der Waals surface area contributed by atoms with Gasteiger partial charge in [0.1, 0.15) is 11.4 Å². The fourth-order valence-corrected chi connectivity index (χ4v) is 3.39. The van der Waals surface area contributed by atoms with Crippen molar-refractivity contribution in [1.82, 2.24) is 19.2 Å². The van der Waals surface area contributed by atoms with E-state index in [0.29, 0.717) is 11.6 Å². The van der Waals surface area contributed by atoms with Crippen LogP contribution < -0.4 is 10.1 Å². The van der Waals surface area contributed by atoms with E-state index < -0.39 is 0 Å². The van der Waals surface area contributed by atoms with Gasteiger partial charge in [-0.25, -0.2) is 4.98 Å². The summed E-state index contributed by atoms with van der Waals surface area (Å²) in [7, 11) is 1.85. The van der Waals surface area contributed by atoms with Crippen LogP contribution in [0, 0.1) is 6.92 Å². The molecule has 7 nitrogen and oxygen atoms in total. The largest absolute Gasteiger partial charge is 0.490 e. The number of carbonyl (C=O) groups is 1. The first-order valence-electron chi connectivity index (χ1n) is 9.28. The van der Waals surface area contributed by atoms with Crippen molar-refractivity contribution in [2.45, 2.75) is 33.3 Å². The first kappa shape index (κ1) is 18.0. The molecule has 144 valence electrons. The van der Waals surface area contributed by atoms with Crippen LogP contribution in [0.25, 0.3) is 16.6 Å². The molecule has 4 aromatic rings. The van der Waals surface area contributed by atoms with Crippen LogP contribution in [0.2, 0.25) is 0 Å². The fourth-order valence-electron chi connectivity index (χ4n) is 3.39. The lowest BCUT2D eigenvalue weighted by Crippen LogP contribution is -2.16. The van der Waals surface area contributed by atoms with Gasteiger partial charge in [0.25, 0.3) is 0 Å². The molecule has 1 amide bonds. The summed E-state index contributed by atoms with van der Waals surface area (Å²) < 4.78 is 9.61. The van der Waals surface area contributed by atoms with Crippen molar-refractivity contribution in [3.05, 3.63) is 54.0 Å². The molecule has 1 aromatic carbocycles. The molecule has 4 rings (SSSR count). The highest BCUT2D eigenvalue weighted by molar-refractivity contribution is 6.03. The smallest absolute Gasteiger partial charge is 0.231 e. The van der Waals surface area contributed by atoms with Crippen LogP contribution in [-0.2, 0) is 18.3 Å². The summed E-state index contributed by atoms with van der Waals surface area (Å²) in [6.45, 7) is 5.95. The first-order valence-corrected chi connectivity index (χ1v) is 9.28. The van der Waals surface area contributed by atoms with Crippen LogP contribution in [0.15, 0.2) is 42.7 Å². The molecule has 0 unspecified atom stereocenters. The van der Waals surface area contributed by atoms with E-state index in [4.69, 9.17) is 4.74 Å². The van der Waals surface area contributed by atoms with E-state index in [1.807, 2.05) is 68.7 Å². The van der Waals surface area contributed by atoms with Gasteiger partial charge in [-0.3, -0.25) is 9.48 Å². The Morgan fingerprint density at radius 3 is 2.86 bits per heavy atom. The minimum Gasteiger partial charge on any atom is -0.490 e.